The van der Waals surface area contributed by atoms with E-state index in [1.54, 1.807) is 58.0 Å². The Morgan fingerprint density at radius 2 is 0.667 bits per heavy atom. The van der Waals surface area contributed by atoms with Crippen molar-refractivity contribution in [3.63, 3.8) is 0 Å². The van der Waals surface area contributed by atoms with Crippen LogP contribution in [0.15, 0.2) is 205 Å². The SMILES string of the molecule is CC(=O)c1c(Br)nc(F)n1[C@H](C)c1ccccc1.C[C@H](c1ccccc1)n1c(C(=O)O)cnc1Cl.C[C@H](c1ccccc1)n1c(C(=O)O)cnc1F.C[C@H](c1ccccc1)n1c(Cl)nc(F)c1C(=O)O.C[C@H](c1ccccc1)n1c(F)nc(F)c1C(=O)O.C[C@H](c1ccccc1)n1cnc(F)c1C(=O)O. The Bertz CT molecular complexity index is 4600. The highest BCUT2D eigenvalue weighted by atomic mass is 79.9. The molecule has 0 fully saturated rings. The number of rotatable bonds is 18. The van der Waals surface area contributed by atoms with Gasteiger partial charge in [0.05, 0.1) is 55.0 Å². The van der Waals surface area contributed by atoms with E-state index >= 15 is 0 Å². The molecule has 0 unspecified atom stereocenters. The van der Waals surface area contributed by atoms with Crippen LogP contribution >= 0.6 is 39.1 Å². The fourth-order valence-corrected chi connectivity index (χ4v) is 12.0. The lowest BCUT2D eigenvalue weighted by Crippen LogP contribution is -2.16. The molecule has 105 heavy (non-hydrogen) atoms. The highest BCUT2D eigenvalue weighted by molar-refractivity contribution is 9.10. The fourth-order valence-electron chi connectivity index (χ4n) is 10.8. The van der Waals surface area contributed by atoms with E-state index in [2.05, 4.69) is 45.8 Å². The first-order valence-corrected chi connectivity index (χ1v) is 32.9. The minimum Gasteiger partial charge on any atom is -0.477 e. The number of nitrogens with zero attached hydrogens (tertiary/aromatic N) is 12. The maximum atomic E-state index is 13.8. The summed E-state index contributed by atoms with van der Waals surface area (Å²) in [6.07, 6.45) is 0.890. The maximum Gasteiger partial charge on any atom is 0.357 e. The third-order valence-electron chi connectivity index (χ3n) is 16.2. The van der Waals surface area contributed by atoms with Crippen LogP contribution in [-0.2, 0) is 0 Å². The molecule has 6 aromatic carbocycles. The van der Waals surface area contributed by atoms with Crippen LogP contribution in [-0.4, -0.2) is 118 Å². The Balaban J connectivity index is 0.000000176. The third kappa shape index (κ3) is 19.7. The summed E-state index contributed by atoms with van der Waals surface area (Å²) in [5.74, 6) is -10.1. The van der Waals surface area contributed by atoms with Crippen LogP contribution in [0.5, 0.6) is 0 Å². The average Bonchev–Trinajstić information content (AvgIpc) is 1.70. The number of ketones is 1. The van der Waals surface area contributed by atoms with Gasteiger partial charge in [-0.2, -0.15) is 41.3 Å². The minimum atomic E-state index is -1.55. The summed E-state index contributed by atoms with van der Waals surface area (Å²) in [7, 11) is 0. The van der Waals surface area contributed by atoms with E-state index in [0.717, 1.165) is 47.7 Å². The molecule has 0 amide bonds. The molecule has 32 heteroatoms. The lowest BCUT2D eigenvalue weighted by atomic mass is 10.1. The van der Waals surface area contributed by atoms with Crippen LogP contribution in [0.1, 0.15) is 181 Å². The van der Waals surface area contributed by atoms with Crippen LogP contribution in [0.4, 0.5) is 26.3 Å². The monoisotopic (exact) mass is 1550 g/mol. The van der Waals surface area contributed by atoms with Gasteiger partial charge in [0.15, 0.2) is 22.9 Å². The second-order valence-corrected chi connectivity index (χ2v) is 24.1. The number of carbonyl (C=O) groups excluding carboxylic acids is 1. The number of Topliss-reactive ketones (excluding diaryl/α,β-unsaturated/α-hetero) is 1. The molecule has 0 bridgehead atoms. The molecule has 6 atom stereocenters. The van der Waals surface area contributed by atoms with Gasteiger partial charge in [-0.05, 0) is 114 Å². The molecule has 546 valence electrons. The van der Waals surface area contributed by atoms with Crippen molar-refractivity contribution < 1.29 is 80.6 Å². The molecule has 5 N–H and O–H groups in total. The summed E-state index contributed by atoms with van der Waals surface area (Å²) in [4.78, 5) is 87.1. The summed E-state index contributed by atoms with van der Waals surface area (Å²) in [6, 6.07) is 52.9. The van der Waals surface area contributed by atoms with Crippen molar-refractivity contribution in [3.8, 4) is 0 Å². The third-order valence-corrected chi connectivity index (χ3v) is 17.3. The van der Waals surface area contributed by atoms with Gasteiger partial charge in [-0.1, -0.05) is 182 Å². The standard InChI is InChI=1S/C13H12BrFN2O.C12H10ClFN2O2.C12H11ClN2O2.C12H10F2N2O2.2C12H11FN2O2/c1-8(10-6-4-3-5-7-10)17-11(9(2)18)12(14)16-13(17)15;1-7(8-5-3-2-4-6-8)16-9(11(17)18)10(14)15-12(16)13;1-8(9-5-3-2-4-6-9)15-10(11(16)17)7-14-12(15)13;1-7(8-5-3-2-4-6-8)16-9(11(17)18)10(13)15-12(16)14;1-8(9-5-3-2-4-6-9)15-7-14-11(13)10(15)12(16)17;1-8(9-5-3-2-4-6-9)15-10(11(16)17)7-14-12(15)13/h3-8H,1-2H3;2-7H,1H3,(H,17,18);2-8H,1H3,(H,16,17);2-7H,1H3,(H,17,18);2*2-8H,1H3,(H,16,17)/t8-;7-;8-;7-;2*8-/m111111/s1. The Hall–Kier alpha value is -11.8. The van der Waals surface area contributed by atoms with Crippen molar-refractivity contribution in [1.29, 1.82) is 0 Å². The molecule has 0 aliphatic heterocycles. The number of aromatic nitrogens is 12. The van der Waals surface area contributed by atoms with Gasteiger partial charge >= 0.3 is 29.8 Å². The second-order valence-electron chi connectivity index (χ2n) is 22.6. The van der Waals surface area contributed by atoms with E-state index in [9.17, 15) is 55.1 Å². The normalized spacial score (nSPS) is 12.4. The highest BCUT2D eigenvalue weighted by Gasteiger charge is 2.30. The van der Waals surface area contributed by atoms with Gasteiger partial charge in [-0.15, -0.1) is 0 Å². The predicted molar refractivity (Wildman–Crippen MR) is 377 cm³/mol. The van der Waals surface area contributed by atoms with Crippen LogP contribution in [0.3, 0.4) is 0 Å². The molecular weight excluding hydrogens is 1490 g/mol. The molecular formula is C73H65BrCl2F6N12O11. The second kappa shape index (κ2) is 36.9. The summed E-state index contributed by atoms with van der Waals surface area (Å²) in [5, 5.41) is 44.8. The van der Waals surface area contributed by atoms with Crippen molar-refractivity contribution in [2.45, 2.75) is 84.7 Å². The van der Waals surface area contributed by atoms with Gasteiger partial charge in [0.1, 0.15) is 21.7 Å². The van der Waals surface area contributed by atoms with E-state index in [4.69, 9.17) is 48.7 Å². The molecule has 6 aromatic heterocycles. The Kier molecular flexibility index (Phi) is 28.3. The fraction of sp³-hybridized carbons (Fsp3) is 0.178. The van der Waals surface area contributed by atoms with Crippen molar-refractivity contribution >= 4 is 74.8 Å². The molecule has 0 saturated heterocycles. The molecule has 12 rings (SSSR count). The van der Waals surface area contributed by atoms with Gasteiger partial charge in [-0.25, -0.2) is 38.9 Å². The first kappa shape index (κ1) is 80.6. The van der Waals surface area contributed by atoms with E-state index in [1.807, 2.05) is 166 Å². The van der Waals surface area contributed by atoms with Crippen LogP contribution in [0, 0.1) is 36.1 Å². The zero-order valence-corrected chi connectivity index (χ0v) is 59.6. The van der Waals surface area contributed by atoms with Crippen LogP contribution < -0.4 is 0 Å². The number of carboxylic acid groups (broad SMARTS) is 5. The zero-order valence-electron chi connectivity index (χ0n) is 56.5. The largest absolute Gasteiger partial charge is 0.477 e. The molecule has 0 aliphatic carbocycles. The number of halogens is 9. The smallest absolute Gasteiger partial charge is 0.357 e. The molecule has 0 radical (unpaired) electrons. The van der Waals surface area contributed by atoms with E-state index in [-0.39, 0.29) is 56.2 Å². The first-order valence-electron chi connectivity index (χ1n) is 31.3. The van der Waals surface area contributed by atoms with E-state index in [1.165, 1.54) is 33.1 Å². The van der Waals surface area contributed by atoms with E-state index in [0.29, 0.717) is 5.56 Å². The Morgan fingerprint density at radius 1 is 0.352 bits per heavy atom. The van der Waals surface area contributed by atoms with Gasteiger partial charge in [0, 0.05) is 6.92 Å². The molecule has 0 spiro atoms. The first-order chi connectivity index (χ1) is 49.9. The predicted octanol–water partition coefficient (Wildman–Crippen LogP) is 16.6. The van der Waals surface area contributed by atoms with Crippen molar-refractivity contribution in [2.24, 2.45) is 0 Å². The van der Waals surface area contributed by atoms with Crippen molar-refractivity contribution in [1.82, 2.24) is 57.3 Å². The number of benzene rings is 6. The molecule has 6 heterocycles. The number of carboxylic acids is 5. The number of hydrogen-bond acceptors (Lipinski definition) is 12. The molecule has 0 saturated carbocycles. The zero-order chi connectivity index (χ0) is 77.1. The molecule has 0 aliphatic rings. The maximum absolute atomic E-state index is 13.8. The number of carbonyl (C=O) groups is 6. The lowest BCUT2D eigenvalue weighted by Gasteiger charge is -2.16. The topological polar surface area (TPSA) is 310 Å². The van der Waals surface area contributed by atoms with Crippen LogP contribution in [0.25, 0.3) is 0 Å². The Morgan fingerprint density at radius 3 is 1.05 bits per heavy atom. The van der Waals surface area contributed by atoms with Gasteiger partial charge < -0.3 is 34.7 Å². The number of imidazole rings is 6. The number of hydrogen-bond donors (Lipinski definition) is 5. The summed E-state index contributed by atoms with van der Waals surface area (Å²) >= 11 is 14.8. The average molecular weight is 1550 g/mol. The van der Waals surface area contributed by atoms with Gasteiger partial charge in [-0.3, -0.25) is 23.1 Å². The molecule has 12 aromatic rings. The van der Waals surface area contributed by atoms with Crippen molar-refractivity contribution in [3.05, 3.63) is 320 Å². The quantitative estimate of drug-likeness (QED) is 0.0394. The Labute approximate surface area is 613 Å². The summed E-state index contributed by atoms with van der Waals surface area (Å²) in [5.41, 5.74) is 3.57. The summed E-state index contributed by atoms with van der Waals surface area (Å²) < 4.78 is 88.0. The number of aromatic carboxylic acids is 5. The van der Waals surface area contributed by atoms with Gasteiger partial charge in [0.25, 0.3) is 18.2 Å². The highest BCUT2D eigenvalue weighted by Crippen LogP contribution is 2.31. The van der Waals surface area contributed by atoms with Gasteiger partial charge in [0.2, 0.25) is 28.4 Å². The van der Waals surface area contributed by atoms with Crippen LogP contribution in [0.2, 0.25) is 10.6 Å². The lowest BCUT2D eigenvalue weighted by molar-refractivity contribution is 0.0666. The summed E-state index contributed by atoms with van der Waals surface area (Å²) in [6.45, 7) is 11.9. The molecule has 23 nitrogen and oxygen atoms in total. The minimum absolute atomic E-state index is 0.0892. The van der Waals surface area contributed by atoms with E-state index < -0.39 is 101 Å². The van der Waals surface area contributed by atoms with Crippen molar-refractivity contribution in [2.75, 3.05) is 0 Å².